The van der Waals surface area contributed by atoms with Crippen LogP contribution in [0.1, 0.15) is 31.1 Å². The third kappa shape index (κ3) is 4.56. The standard InChI is InChI=1S/C13H21N3OS/c1-4-14-12-11(7-6-8-15-12)13(17)16-10(3)9-18-5-2/h6-8,10H,4-5,9H2,1-3H3,(H,14,15)(H,16,17). The van der Waals surface area contributed by atoms with Gasteiger partial charge in [-0.3, -0.25) is 4.79 Å². The van der Waals surface area contributed by atoms with Crippen LogP contribution in [0.5, 0.6) is 0 Å². The Bertz CT molecular complexity index is 384. The third-order valence-corrected chi connectivity index (χ3v) is 3.49. The minimum absolute atomic E-state index is 0.0664. The van der Waals surface area contributed by atoms with Crippen LogP contribution in [0.25, 0.3) is 0 Å². The molecule has 2 N–H and O–H groups in total. The average Bonchev–Trinajstić information content (AvgIpc) is 2.37. The van der Waals surface area contributed by atoms with E-state index in [2.05, 4.69) is 22.5 Å². The lowest BCUT2D eigenvalue weighted by Crippen LogP contribution is -2.34. The minimum atomic E-state index is -0.0664. The van der Waals surface area contributed by atoms with Gasteiger partial charge >= 0.3 is 0 Å². The number of anilines is 1. The van der Waals surface area contributed by atoms with Crippen LogP contribution in [0, 0.1) is 0 Å². The molecule has 0 bridgehead atoms. The molecule has 0 radical (unpaired) electrons. The fourth-order valence-electron chi connectivity index (χ4n) is 1.53. The lowest BCUT2D eigenvalue weighted by atomic mass is 10.2. The van der Waals surface area contributed by atoms with Crippen molar-refractivity contribution >= 4 is 23.5 Å². The van der Waals surface area contributed by atoms with Crippen LogP contribution in [-0.4, -0.2) is 35.0 Å². The molecule has 0 saturated carbocycles. The van der Waals surface area contributed by atoms with Crippen molar-refractivity contribution in [2.75, 3.05) is 23.4 Å². The van der Waals surface area contributed by atoms with E-state index < -0.39 is 0 Å². The molecule has 1 unspecified atom stereocenters. The van der Waals surface area contributed by atoms with Gasteiger partial charge in [0.1, 0.15) is 5.82 Å². The normalized spacial score (nSPS) is 11.9. The lowest BCUT2D eigenvalue weighted by Gasteiger charge is -2.14. The van der Waals surface area contributed by atoms with Gasteiger partial charge in [0.15, 0.2) is 0 Å². The third-order valence-electron chi connectivity index (χ3n) is 2.35. The van der Waals surface area contributed by atoms with Crippen molar-refractivity contribution in [3.8, 4) is 0 Å². The molecule has 0 aliphatic carbocycles. The molecule has 4 nitrogen and oxygen atoms in total. The quantitative estimate of drug-likeness (QED) is 0.796. The van der Waals surface area contributed by atoms with E-state index in [-0.39, 0.29) is 11.9 Å². The Morgan fingerprint density at radius 1 is 1.50 bits per heavy atom. The number of nitrogens with one attached hydrogen (secondary N) is 2. The fraction of sp³-hybridized carbons (Fsp3) is 0.538. The van der Waals surface area contributed by atoms with Gasteiger partial charge < -0.3 is 10.6 Å². The largest absolute Gasteiger partial charge is 0.370 e. The van der Waals surface area contributed by atoms with Crippen LogP contribution in [0.2, 0.25) is 0 Å². The number of rotatable bonds is 7. The van der Waals surface area contributed by atoms with Crippen molar-refractivity contribution in [1.29, 1.82) is 0 Å². The number of nitrogens with zero attached hydrogens (tertiary/aromatic N) is 1. The summed E-state index contributed by atoms with van der Waals surface area (Å²) in [4.78, 5) is 16.3. The van der Waals surface area contributed by atoms with Crippen molar-refractivity contribution in [2.45, 2.75) is 26.8 Å². The number of aromatic nitrogens is 1. The SMILES string of the molecule is CCNc1ncccc1C(=O)NC(C)CSCC. The molecular weight excluding hydrogens is 246 g/mol. The van der Waals surface area contributed by atoms with E-state index in [4.69, 9.17) is 0 Å². The average molecular weight is 267 g/mol. The monoisotopic (exact) mass is 267 g/mol. The van der Waals surface area contributed by atoms with Crippen LogP contribution in [0.4, 0.5) is 5.82 Å². The molecule has 0 aliphatic heterocycles. The van der Waals surface area contributed by atoms with E-state index in [9.17, 15) is 4.79 Å². The van der Waals surface area contributed by atoms with Gasteiger partial charge in [-0.15, -0.1) is 0 Å². The molecule has 1 aromatic rings. The van der Waals surface area contributed by atoms with Crippen molar-refractivity contribution in [2.24, 2.45) is 0 Å². The first-order valence-electron chi connectivity index (χ1n) is 6.26. The van der Waals surface area contributed by atoms with Crippen LogP contribution < -0.4 is 10.6 Å². The van der Waals surface area contributed by atoms with Gasteiger partial charge in [0.2, 0.25) is 0 Å². The van der Waals surface area contributed by atoms with E-state index in [0.717, 1.165) is 18.1 Å². The first kappa shape index (κ1) is 14.8. The first-order chi connectivity index (χ1) is 8.69. The molecule has 5 heteroatoms. The number of amides is 1. The maximum Gasteiger partial charge on any atom is 0.255 e. The van der Waals surface area contributed by atoms with E-state index in [1.165, 1.54) is 0 Å². The van der Waals surface area contributed by atoms with E-state index in [1.54, 1.807) is 18.3 Å². The summed E-state index contributed by atoms with van der Waals surface area (Å²) < 4.78 is 0. The second-order valence-electron chi connectivity index (χ2n) is 3.96. The van der Waals surface area contributed by atoms with Gasteiger partial charge in [-0.1, -0.05) is 6.92 Å². The van der Waals surface area contributed by atoms with Gasteiger partial charge in [0.05, 0.1) is 5.56 Å². The summed E-state index contributed by atoms with van der Waals surface area (Å²) in [5.41, 5.74) is 0.604. The summed E-state index contributed by atoms with van der Waals surface area (Å²) >= 11 is 1.82. The Hall–Kier alpha value is -1.23. The molecule has 1 rings (SSSR count). The smallest absolute Gasteiger partial charge is 0.255 e. The number of hydrogen-bond donors (Lipinski definition) is 2. The van der Waals surface area contributed by atoms with Crippen molar-refractivity contribution in [3.63, 3.8) is 0 Å². The van der Waals surface area contributed by atoms with Gasteiger partial charge in [-0.05, 0) is 31.7 Å². The highest BCUT2D eigenvalue weighted by molar-refractivity contribution is 7.99. The Labute approximate surface area is 113 Å². The molecule has 100 valence electrons. The highest BCUT2D eigenvalue weighted by Gasteiger charge is 2.13. The Balaban J connectivity index is 2.65. The molecule has 0 saturated heterocycles. The second-order valence-corrected chi connectivity index (χ2v) is 5.28. The predicted molar refractivity (Wildman–Crippen MR) is 78.3 cm³/mol. The molecule has 0 aliphatic rings. The molecule has 1 atom stereocenters. The van der Waals surface area contributed by atoms with Crippen molar-refractivity contribution in [3.05, 3.63) is 23.9 Å². The highest BCUT2D eigenvalue weighted by atomic mass is 32.2. The maximum absolute atomic E-state index is 12.1. The Morgan fingerprint density at radius 2 is 2.28 bits per heavy atom. The zero-order chi connectivity index (χ0) is 13.4. The van der Waals surface area contributed by atoms with E-state index in [1.807, 2.05) is 25.6 Å². The van der Waals surface area contributed by atoms with Crippen LogP contribution >= 0.6 is 11.8 Å². The molecule has 0 spiro atoms. The number of carbonyl (C=O) groups excluding carboxylic acids is 1. The van der Waals surface area contributed by atoms with E-state index in [0.29, 0.717) is 11.4 Å². The highest BCUT2D eigenvalue weighted by Crippen LogP contribution is 2.11. The first-order valence-corrected chi connectivity index (χ1v) is 7.42. The molecule has 1 amide bonds. The molecular formula is C13H21N3OS. The Morgan fingerprint density at radius 3 is 2.94 bits per heavy atom. The van der Waals surface area contributed by atoms with Gasteiger partial charge in [-0.25, -0.2) is 4.98 Å². The van der Waals surface area contributed by atoms with Crippen LogP contribution in [0.3, 0.4) is 0 Å². The fourth-order valence-corrected chi connectivity index (χ4v) is 2.21. The second kappa shape index (κ2) is 7.97. The van der Waals surface area contributed by atoms with Crippen molar-refractivity contribution < 1.29 is 4.79 Å². The number of hydrogen-bond acceptors (Lipinski definition) is 4. The van der Waals surface area contributed by atoms with Gasteiger partial charge in [-0.2, -0.15) is 11.8 Å². The van der Waals surface area contributed by atoms with Crippen LogP contribution in [-0.2, 0) is 0 Å². The van der Waals surface area contributed by atoms with Crippen molar-refractivity contribution in [1.82, 2.24) is 10.3 Å². The minimum Gasteiger partial charge on any atom is -0.370 e. The van der Waals surface area contributed by atoms with Gasteiger partial charge in [0.25, 0.3) is 5.91 Å². The maximum atomic E-state index is 12.1. The number of thioether (sulfide) groups is 1. The summed E-state index contributed by atoms with van der Waals surface area (Å²) in [6.45, 7) is 6.86. The topological polar surface area (TPSA) is 54.0 Å². The summed E-state index contributed by atoms with van der Waals surface area (Å²) in [6, 6.07) is 3.73. The van der Waals surface area contributed by atoms with Gasteiger partial charge in [0, 0.05) is 24.5 Å². The lowest BCUT2D eigenvalue weighted by molar-refractivity contribution is 0.0944. The number of carbonyl (C=O) groups is 1. The van der Waals surface area contributed by atoms with Crippen LogP contribution in [0.15, 0.2) is 18.3 Å². The summed E-state index contributed by atoms with van der Waals surface area (Å²) in [7, 11) is 0. The molecule has 0 aromatic carbocycles. The zero-order valence-electron chi connectivity index (χ0n) is 11.2. The summed E-state index contributed by atoms with van der Waals surface area (Å²) in [6.07, 6.45) is 1.69. The zero-order valence-corrected chi connectivity index (χ0v) is 12.0. The molecule has 1 heterocycles. The predicted octanol–water partition coefficient (Wildman–Crippen LogP) is 2.38. The summed E-state index contributed by atoms with van der Waals surface area (Å²) in [5.74, 6) is 2.57. The molecule has 18 heavy (non-hydrogen) atoms. The Kier molecular flexibility index (Phi) is 6.57. The summed E-state index contributed by atoms with van der Waals surface area (Å²) in [5, 5.41) is 6.09. The van der Waals surface area contributed by atoms with E-state index >= 15 is 0 Å². The molecule has 0 fully saturated rings. The molecule has 1 aromatic heterocycles. The number of pyridine rings is 1.